The van der Waals surface area contributed by atoms with E-state index in [4.69, 9.17) is 5.73 Å². The predicted octanol–water partition coefficient (Wildman–Crippen LogP) is 1.30. The van der Waals surface area contributed by atoms with Crippen molar-refractivity contribution >= 4 is 34.8 Å². The number of thiophene rings is 1. The molecule has 2 aromatic rings. The first-order valence-corrected chi connectivity index (χ1v) is 12.3. The number of carbonyl (C=O) groups excluding carboxylic acids is 2. The molecule has 1 aromatic carbocycles. The summed E-state index contributed by atoms with van der Waals surface area (Å²) in [5.41, 5.74) is 9.17. The standard InChI is InChI=1S/C25H29N3O3S/c26-15-19-3-1-2-4-20-21(16-32-22(19)20)17-5-7-18(8-6-17)23(29)27-11-13-28(14-12-27)24(30)25(31)9-10-25/h4-8,16,31H,1-3,9-15,26H2. The third-order valence-corrected chi connectivity index (χ3v) is 7.94. The smallest absolute Gasteiger partial charge is 0.254 e. The van der Waals surface area contributed by atoms with Gasteiger partial charge in [-0.15, -0.1) is 11.3 Å². The normalized spacial score (nSPS) is 19.8. The van der Waals surface area contributed by atoms with Gasteiger partial charge in [-0.2, -0.15) is 0 Å². The summed E-state index contributed by atoms with van der Waals surface area (Å²) in [6, 6.07) is 7.85. The van der Waals surface area contributed by atoms with Gasteiger partial charge in [0.1, 0.15) is 5.60 Å². The number of nitrogens with two attached hydrogens (primary N) is 1. The van der Waals surface area contributed by atoms with Crippen LogP contribution in [0.5, 0.6) is 0 Å². The minimum atomic E-state index is -1.14. The molecule has 1 aromatic heterocycles. The maximum atomic E-state index is 13.0. The molecule has 2 heterocycles. The lowest BCUT2D eigenvalue weighted by Crippen LogP contribution is -2.53. The highest BCUT2D eigenvalue weighted by Gasteiger charge is 2.50. The van der Waals surface area contributed by atoms with Crippen LogP contribution in [0.4, 0.5) is 0 Å². The zero-order valence-corrected chi connectivity index (χ0v) is 19.0. The lowest BCUT2D eigenvalue weighted by Gasteiger charge is -2.35. The summed E-state index contributed by atoms with van der Waals surface area (Å²) in [7, 11) is 0. The van der Waals surface area contributed by atoms with Crippen LogP contribution < -0.4 is 15.5 Å². The molecule has 1 saturated heterocycles. The van der Waals surface area contributed by atoms with Crippen LogP contribution in [-0.2, 0) is 4.79 Å². The Balaban J connectivity index is 1.30. The van der Waals surface area contributed by atoms with Crippen molar-refractivity contribution in [3.05, 3.63) is 45.0 Å². The Bertz CT molecular complexity index is 1160. The number of amides is 2. The molecule has 1 saturated carbocycles. The number of hydrogen-bond donors (Lipinski definition) is 2. The minimum absolute atomic E-state index is 0.0109. The van der Waals surface area contributed by atoms with Crippen LogP contribution >= 0.6 is 11.3 Å². The number of aliphatic hydroxyl groups is 1. The fourth-order valence-electron chi connectivity index (χ4n) is 4.65. The monoisotopic (exact) mass is 451 g/mol. The van der Waals surface area contributed by atoms with Crippen LogP contribution in [0.3, 0.4) is 0 Å². The van der Waals surface area contributed by atoms with Crippen molar-refractivity contribution in [1.82, 2.24) is 9.80 Å². The van der Waals surface area contributed by atoms with Crippen molar-refractivity contribution in [2.45, 2.75) is 37.7 Å². The summed E-state index contributed by atoms with van der Waals surface area (Å²) >= 11 is 1.76. The molecule has 3 aliphatic rings. The lowest BCUT2D eigenvalue weighted by molar-refractivity contribution is -0.143. The van der Waals surface area contributed by atoms with Crippen molar-refractivity contribution < 1.29 is 14.7 Å². The van der Waals surface area contributed by atoms with Crippen molar-refractivity contribution in [3.8, 4) is 11.1 Å². The Morgan fingerprint density at radius 3 is 2.41 bits per heavy atom. The van der Waals surface area contributed by atoms with Crippen LogP contribution in [-0.4, -0.2) is 65.0 Å². The van der Waals surface area contributed by atoms with Gasteiger partial charge in [0.15, 0.2) is 0 Å². The summed E-state index contributed by atoms with van der Waals surface area (Å²) in [4.78, 5) is 28.8. The van der Waals surface area contributed by atoms with Crippen molar-refractivity contribution in [1.29, 1.82) is 0 Å². The van der Waals surface area contributed by atoms with E-state index in [1.165, 1.54) is 20.9 Å². The van der Waals surface area contributed by atoms with E-state index in [0.29, 0.717) is 51.1 Å². The number of fused-ring (bicyclic) bond motifs is 1. The highest BCUT2D eigenvalue weighted by atomic mass is 32.1. The van der Waals surface area contributed by atoms with E-state index in [0.717, 1.165) is 24.8 Å². The van der Waals surface area contributed by atoms with Gasteiger partial charge in [0.25, 0.3) is 11.8 Å². The molecule has 6 nitrogen and oxygen atoms in total. The SMILES string of the molecule is NCC1=c2scc(-c3ccc(C(=O)N4CCN(C(=O)C5(O)CC5)CC4)cc3)c2=CCCC1. The molecule has 168 valence electrons. The third kappa shape index (κ3) is 3.89. The van der Waals surface area contributed by atoms with Gasteiger partial charge in [-0.25, -0.2) is 0 Å². The minimum Gasteiger partial charge on any atom is -0.380 e. The molecule has 5 rings (SSSR count). The van der Waals surface area contributed by atoms with Gasteiger partial charge in [-0.3, -0.25) is 9.59 Å². The molecule has 0 spiro atoms. The van der Waals surface area contributed by atoms with E-state index in [1.807, 2.05) is 24.3 Å². The Labute approximate surface area is 191 Å². The molecule has 0 atom stereocenters. The molecule has 2 fully saturated rings. The molecule has 2 aliphatic carbocycles. The second-order valence-electron chi connectivity index (χ2n) is 8.99. The molecule has 2 amide bonds. The first kappa shape index (κ1) is 21.4. The summed E-state index contributed by atoms with van der Waals surface area (Å²) in [6.07, 6.45) is 6.68. The maximum absolute atomic E-state index is 13.0. The first-order chi connectivity index (χ1) is 15.5. The molecule has 7 heteroatoms. The number of piperazine rings is 1. The van der Waals surface area contributed by atoms with Gasteiger partial charge in [-0.1, -0.05) is 18.2 Å². The molecule has 0 radical (unpaired) electrons. The Kier molecular flexibility index (Phi) is 5.65. The van der Waals surface area contributed by atoms with E-state index >= 15 is 0 Å². The van der Waals surface area contributed by atoms with E-state index in [-0.39, 0.29) is 11.8 Å². The van der Waals surface area contributed by atoms with Crippen LogP contribution in [0.1, 0.15) is 42.5 Å². The Hall–Kier alpha value is -2.48. The molecule has 0 bridgehead atoms. The van der Waals surface area contributed by atoms with Crippen LogP contribution in [0.2, 0.25) is 0 Å². The van der Waals surface area contributed by atoms with E-state index in [2.05, 4.69) is 11.5 Å². The average Bonchev–Trinajstić information content (AvgIpc) is 3.51. The largest absolute Gasteiger partial charge is 0.380 e. The molecule has 32 heavy (non-hydrogen) atoms. The summed E-state index contributed by atoms with van der Waals surface area (Å²) in [6.45, 7) is 2.54. The van der Waals surface area contributed by atoms with Gasteiger partial charge in [-0.05, 0) is 71.5 Å². The highest BCUT2D eigenvalue weighted by Crippen LogP contribution is 2.37. The molecule has 0 unspecified atom stereocenters. The topological polar surface area (TPSA) is 86.9 Å². The van der Waals surface area contributed by atoms with Crippen LogP contribution in [0, 0.1) is 0 Å². The van der Waals surface area contributed by atoms with E-state index in [9.17, 15) is 14.7 Å². The Morgan fingerprint density at radius 2 is 1.75 bits per heavy atom. The fraction of sp³-hybridized carbons (Fsp3) is 0.440. The fourth-order valence-corrected chi connectivity index (χ4v) is 5.82. The Morgan fingerprint density at radius 1 is 1.06 bits per heavy atom. The molecular weight excluding hydrogens is 422 g/mol. The second-order valence-corrected chi connectivity index (χ2v) is 9.87. The predicted molar refractivity (Wildman–Crippen MR) is 126 cm³/mol. The van der Waals surface area contributed by atoms with Gasteiger partial charge in [0.2, 0.25) is 0 Å². The van der Waals surface area contributed by atoms with E-state index < -0.39 is 5.60 Å². The third-order valence-electron chi connectivity index (χ3n) is 6.85. The van der Waals surface area contributed by atoms with Gasteiger partial charge >= 0.3 is 0 Å². The number of hydrogen-bond acceptors (Lipinski definition) is 5. The number of carbonyl (C=O) groups is 2. The number of rotatable bonds is 4. The van der Waals surface area contributed by atoms with Crippen molar-refractivity contribution in [2.24, 2.45) is 5.73 Å². The van der Waals surface area contributed by atoms with Crippen molar-refractivity contribution in [2.75, 3.05) is 32.7 Å². The zero-order valence-electron chi connectivity index (χ0n) is 18.2. The molecule has 1 aliphatic heterocycles. The lowest BCUT2D eigenvalue weighted by atomic mass is 10.0. The summed E-state index contributed by atoms with van der Waals surface area (Å²) in [5, 5.41) is 13.5. The van der Waals surface area contributed by atoms with E-state index in [1.54, 1.807) is 21.1 Å². The van der Waals surface area contributed by atoms with Crippen LogP contribution in [0.15, 0.2) is 29.6 Å². The average molecular weight is 452 g/mol. The van der Waals surface area contributed by atoms with Crippen LogP contribution in [0.25, 0.3) is 22.8 Å². The second kappa shape index (κ2) is 8.46. The van der Waals surface area contributed by atoms with Gasteiger partial charge in [0.05, 0.1) is 0 Å². The van der Waals surface area contributed by atoms with Gasteiger partial charge < -0.3 is 20.6 Å². The van der Waals surface area contributed by atoms with Gasteiger partial charge in [0, 0.05) is 42.8 Å². The van der Waals surface area contributed by atoms with Crippen molar-refractivity contribution in [3.63, 3.8) is 0 Å². The quantitative estimate of drug-likeness (QED) is 0.734. The highest BCUT2D eigenvalue weighted by molar-refractivity contribution is 7.08. The molecule has 3 N–H and O–H groups in total. The number of benzene rings is 1. The maximum Gasteiger partial charge on any atom is 0.254 e. The number of nitrogens with zero attached hydrogens (tertiary/aromatic N) is 2. The molecular formula is C25H29N3O3S. The first-order valence-electron chi connectivity index (χ1n) is 11.4. The summed E-state index contributed by atoms with van der Waals surface area (Å²) in [5.74, 6) is -0.195. The summed E-state index contributed by atoms with van der Waals surface area (Å²) < 4.78 is 1.31. The zero-order chi connectivity index (χ0) is 22.3.